The van der Waals surface area contributed by atoms with Gasteiger partial charge in [0.15, 0.2) is 5.96 Å². The number of carboxylic acid groups (broad SMARTS) is 1. The van der Waals surface area contributed by atoms with E-state index in [1.807, 2.05) is 0 Å². The number of aliphatic carboxylic acids is 1. The van der Waals surface area contributed by atoms with Crippen LogP contribution < -0.4 is 72.0 Å². The Hall–Kier alpha value is -7.11. The Morgan fingerprint density at radius 2 is 1.45 bits per heavy atom. The molecule has 1 aromatic rings. The van der Waals surface area contributed by atoms with Crippen molar-refractivity contribution in [2.75, 3.05) is 45.8 Å². The molecule has 28 nitrogen and oxygen atoms in total. The second-order valence-electron chi connectivity index (χ2n) is 17.4. The molecule has 0 spiro atoms. The standard InChI is InChI=1S/C46H76N16O12/c1-26(56-43(71)37(35(64)24-50)61-39(67)29(51)9-2-4-18-47)38(66)55-25-36(65)57-31(11-6-20-49)44(72)62-22-8-13-34(62)42(70)60-33(23-27-14-16-28(63)17-15-27)41(69)58-30(10-3-5-19-48)40(68)59-32(45(73)74)12-7-21-54-46(52)53/h12,14-17,26,29-30,33-35,37,63-64H,2-11,13,18-25,47-51H2,1H3,(H,55,66)(H,56,71)(H,58,69)(H,59,68)(H,60,70)(H,61,67)(H,73,74)(H4,52,53,54)/b32-12-,57-31?/t26-,29-,30-,33-,34-,35-,37-/m0/s1. The normalized spacial score (nSPS) is 16.0. The van der Waals surface area contributed by atoms with Gasteiger partial charge < -0.3 is 92.3 Å². The number of rotatable bonds is 33. The summed E-state index contributed by atoms with van der Waals surface area (Å²) in [6, 6.07) is -2.03. The van der Waals surface area contributed by atoms with Crippen molar-refractivity contribution in [1.29, 1.82) is 0 Å². The molecule has 7 atom stereocenters. The minimum atomic E-state index is -1.58. The predicted molar refractivity (Wildman–Crippen MR) is 272 cm³/mol. The number of benzene rings is 1. The van der Waals surface area contributed by atoms with Gasteiger partial charge in [-0.05, 0) is 108 Å². The summed E-state index contributed by atoms with van der Waals surface area (Å²) in [4.78, 5) is 129. The number of guanidine groups is 1. The number of aliphatic hydroxyl groups is 1. The third kappa shape index (κ3) is 22.3. The van der Waals surface area contributed by atoms with Crippen molar-refractivity contribution >= 4 is 64.9 Å². The summed E-state index contributed by atoms with van der Waals surface area (Å²) >= 11 is 0. The fourth-order valence-corrected chi connectivity index (χ4v) is 7.37. The molecule has 1 heterocycles. The van der Waals surface area contributed by atoms with E-state index in [-0.39, 0.29) is 88.5 Å². The summed E-state index contributed by atoms with van der Waals surface area (Å²) in [7, 11) is 0. The molecular weight excluding hydrogens is 969 g/mol. The molecule has 0 aromatic heterocycles. The first-order chi connectivity index (χ1) is 35.2. The Bertz CT molecular complexity index is 2150. The molecule has 1 saturated heterocycles. The third-order valence-electron chi connectivity index (χ3n) is 11.5. The number of carbonyl (C=O) groups excluding carboxylic acids is 8. The molecule has 0 unspecified atom stereocenters. The first-order valence-corrected chi connectivity index (χ1v) is 24.4. The molecule has 23 N–H and O–H groups in total. The van der Waals surface area contributed by atoms with E-state index < -0.39 is 114 Å². The Morgan fingerprint density at radius 3 is 2.05 bits per heavy atom. The van der Waals surface area contributed by atoms with Crippen LogP contribution in [0.15, 0.2) is 46.0 Å². The molecule has 8 amide bonds. The predicted octanol–water partition coefficient (Wildman–Crippen LogP) is -5.64. The van der Waals surface area contributed by atoms with Gasteiger partial charge in [0.2, 0.25) is 35.4 Å². The first kappa shape index (κ1) is 63.0. The summed E-state index contributed by atoms with van der Waals surface area (Å²) in [6.07, 6.45) is 2.33. The van der Waals surface area contributed by atoms with Crippen LogP contribution in [-0.4, -0.2) is 173 Å². The lowest BCUT2D eigenvalue weighted by atomic mass is 10.0. The highest BCUT2D eigenvalue weighted by Crippen LogP contribution is 2.20. The molecule has 0 bridgehead atoms. The average Bonchev–Trinajstić information content (AvgIpc) is 3.87. The molecule has 1 fully saturated rings. The fourth-order valence-electron chi connectivity index (χ4n) is 7.37. The number of aliphatic hydroxyl groups excluding tert-OH is 1. The summed E-state index contributed by atoms with van der Waals surface area (Å²) in [5.74, 6) is -8.59. The summed E-state index contributed by atoms with van der Waals surface area (Å²) in [5, 5.41) is 44.8. The van der Waals surface area contributed by atoms with Gasteiger partial charge in [0.05, 0.1) is 18.7 Å². The number of unbranched alkanes of at least 4 members (excludes halogenated alkanes) is 2. The minimum absolute atomic E-state index is 0.0254. The second kappa shape index (κ2) is 33.6. The summed E-state index contributed by atoms with van der Waals surface area (Å²) < 4.78 is 0. The van der Waals surface area contributed by atoms with Gasteiger partial charge in [-0.3, -0.25) is 43.3 Å². The molecular formula is C46H76N16O12. The molecule has 0 radical (unpaired) electrons. The van der Waals surface area contributed by atoms with Crippen molar-refractivity contribution in [2.24, 2.45) is 50.1 Å². The van der Waals surface area contributed by atoms with Crippen molar-refractivity contribution in [3.05, 3.63) is 41.6 Å². The highest BCUT2D eigenvalue weighted by molar-refractivity contribution is 6.40. The van der Waals surface area contributed by atoms with Gasteiger partial charge in [0, 0.05) is 26.1 Å². The van der Waals surface area contributed by atoms with Crippen molar-refractivity contribution in [3.8, 4) is 5.75 Å². The van der Waals surface area contributed by atoms with Crippen molar-refractivity contribution in [3.63, 3.8) is 0 Å². The van der Waals surface area contributed by atoms with Crippen LogP contribution in [0.25, 0.3) is 0 Å². The lowest BCUT2D eigenvalue weighted by molar-refractivity contribution is -0.137. The lowest BCUT2D eigenvalue weighted by Crippen LogP contribution is -2.60. The van der Waals surface area contributed by atoms with Crippen LogP contribution in [-0.2, 0) is 49.6 Å². The number of phenols is 1. The van der Waals surface area contributed by atoms with Crippen LogP contribution in [0.5, 0.6) is 5.75 Å². The maximum absolute atomic E-state index is 14.2. The van der Waals surface area contributed by atoms with E-state index in [0.717, 1.165) is 0 Å². The van der Waals surface area contributed by atoms with Gasteiger partial charge in [0.25, 0.3) is 11.8 Å². The SMILES string of the molecule is C[C@H](NC(=O)[C@@H](NC(=O)[C@@H](N)CCCCN)[C@@H](O)CN)C(=O)NCC(=O)N=C(CCCN)C(=O)N1CCC[C@H]1C(=O)N[C@@H](Cc1ccc(O)cc1)C(=O)N[C@@H](CCCCN)C(=O)N/C(=C\CCN=C(N)N)C(=O)O. The van der Waals surface area contributed by atoms with Crippen molar-refractivity contribution < 1.29 is 58.5 Å². The van der Waals surface area contributed by atoms with Gasteiger partial charge in [-0.25, -0.2) is 9.79 Å². The molecule has 0 saturated carbocycles. The molecule has 28 heteroatoms. The lowest BCUT2D eigenvalue weighted by Gasteiger charge is -2.28. The molecule has 1 aliphatic heterocycles. The van der Waals surface area contributed by atoms with E-state index >= 15 is 0 Å². The number of carbonyl (C=O) groups is 9. The number of phenolic OH excluding ortho intramolecular Hbond substituents is 1. The zero-order valence-electron chi connectivity index (χ0n) is 41.8. The van der Waals surface area contributed by atoms with Crippen LogP contribution in [0.1, 0.15) is 83.1 Å². The van der Waals surface area contributed by atoms with Crippen molar-refractivity contribution in [2.45, 2.75) is 126 Å². The van der Waals surface area contributed by atoms with E-state index in [9.17, 15) is 58.5 Å². The number of nitrogens with zero attached hydrogens (tertiary/aromatic N) is 3. The Morgan fingerprint density at radius 1 is 0.797 bits per heavy atom. The zero-order chi connectivity index (χ0) is 55.3. The molecule has 1 aliphatic rings. The van der Waals surface area contributed by atoms with Crippen LogP contribution in [0, 0.1) is 0 Å². The molecule has 74 heavy (non-hydrogen) atoms. The van der Waals surface area contributed by atoms with Gasteiger partial charge >= 0.3 is 5.97 Å². The number of hydrogen-bond donors (Lipinski definition) is 16. The van der Waals surface area contributed by atoms with Gasteiger partial charge in [-0.15, -0.1) is 0 Å². The number of aliphatic imine (C=N–C) groups is 2. The summed E-state index contributed by atoms with van der Waals surface area (Å²) in [6.45, 7) is 0.925. The zero-order valence-corrected chi connectivity index (χ0v) is 41.8. The minimum Gasteiger partial charge on any atom is -0.508 e. The largest absolute Gasteiger partial charge is 0.508 e. The maximum atomic E-state index is 14.2. The highest BCUT2D eigenvalue weighted by atomic mass is 16.4. The topological polar surface area (TPSA) is 497 Å². The maximum Gasteiger partial charge on any atom is 0.352 e. The van der Waals surface area contributed by atoms with Crippen LogP contribution in [0.4, 0.5) is 0 Å². The Labute approximate surface area is 428 Å². The average molecular weight is 1050 g/mol. The molecule has 2 rings (SSSR count). The van der Waals surface area contributed by atoms with Crippen LogP contribution in [0.2, 0.25) is 0 Å². The first-order valence-electron chi connectivity index (χ1n) is 24.4. The van der Waals surface area contributed by atoms with Crippen molar-refractivity contribution in [1.82, 2.24) is 36.8 Å². The number of carboxylic acids is 1. The smallest absolute Gasteiger partial charge is 0.352 e. The molecule has 412 valence electrons. The Kier molecular flexibility index (Phi) is 28.6. The van der Waals surface area contributed by atoms with Gasteiger partial charge in [-0.2, -0.15) is 0 Å². The third-order valence-corrected chi connectivity index (χ3v) is 11.5. The number of likely N-dealkylation sites (tertiary alicyclic amines) is 1. The van der Waals surface area contributed by atoms with E-state index in [1.54, 1.807) is 0 Å². The highest BCUT2D eigenvalue weighted by Gasteiger charge is 2.38. The van der Waals surface area contributed by atoms with E-state index in [2.05, 4.69) is 41.9 Å². The fraction of sp³-hybridized carbons (Fsp3) is 0.587. The monoisotopic (exact) mass is 1040 g/mol. The number of aromatic hydroxyl groups is 1. The van der Waals surface area contributed by atoms with E-state index in [4.69, 9.17) is 40.1 Å². The number of hydrogen-bond acceptors (Lipinski definition) is 17. The van der Waals surface area contributed by atoms with Crippen LogP contribution in [0.3, 0.4) is 0 Å². The number of nitrogens with two attached hydrogens (primary N) is 7. The van der Waals surface area contributed by atoms with Gasteiger partial charge in [-0.1, -0.05) is 24.6 Å². The summed E-state index contributed by atoms with van der Waals surface area (Å²) in [5.41, 5.74) is 38.7. The number of nitrogens with one attached hydrogen (secondary N) is 6. The molecule has 0 aliphatic carbocycles. The number of amides is 8. The quantitative estimate of drug-likeness (QED) is 0.0135. The van der Waals surface area contributed by atoms with Crippen LogP contribution >= 0.6 is 0 Å². The molecule has 1 aromatic carbocycles. The van der Waals surface area contributed by atoms with E-state index in [1.165, 1.54) is 42.2 Å². The second-order valence-corrected chi connectivity index (χ2v) is 17.4. The Balaban J connectivity index is 2.30. The van der Waals surface area contributed by atoms with Gasteiger partial charge in [0.1, 0.15) is 47.4 Å². The van der Waals surface area contributed by atoms with E-state index in [0.29, 0.717) is 44.2 Å².